The number of amides is 2. The molecule has 0 aromatic heterocycles. The molecule has 3 rings (SSSR count). The van der Waals surface area contributed by atoms with E-state index in [2.05, 4.69) is 0 Å². The first-order chi connectivity index (χ1) is 12.9. The van der Waals surface area contributed by atoms with Crippen LogP contribution in [0.1, 0.15) is 18.9 Å². The number of nitrogens with zero attached hydrogens (tertiary/aromatic N) is 2. The molecule has 1 saturated heterocycles. The summed E-state index contributed by atoms with van der Waals surface area (Å²) in [6.07, 6.45) is 0.619. The van der Waals surface area contributed by atoms with Gasteiger partial charge in [0.2, 0.25) is 11.8 Å². The molecular formula is C21H22F2N2O2. The molecular weight excluding hydrogens is 350 g/mol. The molecule has 2 aromatic carbocycles. The number of carbonyl (C=O) groups excluding carboxylic acids is 2. The summed E-state index contributed by atoms with van der Waals surface area (Å²) in [5, 5.41) is 0. The quantitative estimate of drug-likeness (QED) is 0.827. The molecule has 0 aliphatic carbocycles. The van der Waals surface area contributed by atoms with Gasteiger partial charge in [-0.2, -0.15) is 0 Å². The van der Waals surface area contributed by atoms with Crippen molar-refractivity contribution in [2.45, 2.75) is 25.8 Å². The minimum absolute atomic E-state index is 0.0734. The van der Waals surface area contributed by atoms with Gasteiger partial charge in [0.05, 0.1) is 0 Å². The number of hydrogen-bond acceptors (Lipinski definition) is 2. The molecule has 1 aliphatic rings. The van der Waals surface area contributed by atoms with Crippen LogP contribution in [0.2, 0.25) is 0 Å². The normalized spacial score (nSPS) is 17.3. The number of hydrogen-bond donors (Lipinski definition) is 0. The number of benzene rings is 2. The second-order valence-corrected chi connectivity index (χ2v) is 6.74. The molecule has 0 radical (unpaired) electrons. The van der Waals surface area contributed by atoms with Crippen molar-refractivity contribution in [3.8, 4) is 11.1 Å². The number of likely N-dealkylation sites (N-methyl/N-ethyl adjacent to an activating group) is 1. The molecule has 4 nitrogen and oxygen atoms in total. The van der Waals surface area contributed by atoms with Gasteiger partial charge >= 0.3 is 0 Å². The van der Waals surface area contributed by atoms with Gasteiger partial charge in [0.1, 0.15) is 17.7 Å². The minimum Gasteiger partial charge on any atom is -0.342 e. The van der Waals surface area contributed by atoms with Crippen LogP contribution in [0.5, 0.6) is 0 Å². The third-order valence-electron chi connectivity index (χ3n) is 4.94. The van der Waals surface area contributed by atoms with Gasteiger partial charge in [0.15, 0.2) is 0 Å². The SMILES string of the molecule is CCC(=O)N1CCN(C)C(=O)C1Cc1ccccc1-c1cc(F)cc(F)c1. The Morgan fingerprint density at radius 1 is 1.11 bits per heavy atom. The van der Waals surface area contributed by atoms with Gasteiger partial charge in [-0.3, -0.25) is 9.59 Å². The predicted octanol–water partition coefficient (Wildman–Crippen LogP) is 3.25. The van der Waals surface area contributed by atoms with E-state index >= 15 is 0 Å². The summed E-state index contributed by atoms with van der Waals surface area (Å²) in [6, 6.07) is 9.95. The highest BCUT2D eigenvalue weighted by Crippen LogP contribution is 2.28. The van der Waals surface area contributed by atoms with E-state index in [0.29, 0.717) is 37.1 Å². The molecule has 142 valence electrons. The number of rotatable bonds is 4. The molecule has 0 bridgehead atoms. The van der Waals surface area contributed by atoms with Crippen LogP contribution >= 0.6 is 0 Å². The Morgan fingerprint density at radius 2 is 1.78 bits per heavy atom. The van der Waals surface area contributed by atoms with E-state index in [1.165, 1.54) is 12.1 Å². The Morgan fingerprint density at radius 3 is 2.44 bits per heavy atom. The molecule has 1 unspecified atom stereocenters. The highest BCUT2D eigenvalue weighted by Gasteiger charge is 2.35. The van der Waals surface area contributed by atoms with Gasteiger partial charge in [-0.25, -0.2) is 8.78 Å². The Balaban J connectivity index is 1.99. The lowest BCUT2D eigenvalue weighted by Gasteiger charge is -2.39. The van der Waals surface area contributed by atoms with Crippen molar-refractivity contribution < 1.29 is 18.4 Å². The van der Waals surface area contributed by atoms with E-state index in [1.807, 2.05) is 12.1 Å². The summed E-state index contributed by atoms with van der Waals surface area (Å²) in [4.78, 5) is 28.3. The van der Waals surface area contributed by atoms with Crippen molar-refractivity contribution in [3.05, 3.63) is 59.7 Å². The lowest BCUT2D eigenvalue weighted by Crippen LogP contribution is -2.58. The standard InChI is InChI=1S/C21H22F2N2O2/c1-3-20(26)25-9-8-24(2)21(27)19(25)12-14-6-4-5-7-18(14)15-10-16(22)13-17(23)11-15/h4-7,10-11,13,19H,3,8-9,12H2,1-2H3. The molecule has 0 spiro atoms. The van der Waals surface area contributed by atoms with Crippen LogP contribution in [-0.2, 0) is 16.0 Å². The fourth-order valence-corrected chi connectivity index (χ4v) is 3.51. The maximum absolute atomic E-state index is 13.7. The summed E-state index contributed by atoms with van der Waals surface area (Å²) >= 11 is 0. The Labute approximate surface area is 157 Å². The van der Waals surface area contributed by atoms with Gasteiger partial charge in [0.25, 0.3) is 0 Å². The summed E-state index contributed by atoms with van der Waals surface area (Å²) in [5.74, 6) is -1.51. The molecule has 6 heteroatoms. The van der Waals surface area contributed by atoms with Gasteiger partial charge < -0.3 is 9.80 Å². The van der Waals surface area contributed by atoms with Crippen LogP contribution in [0, 0.1) is 11.6 Å². The highest BCUT2D eigenvalue weighted by molar-refractivity contribution is 5.89. The van der Waals surface area contributed by atoms with Gasteiger partial charge in [-0.05, 0) is 28.8 Å². The molecule has 2 aromatic rings. The maximum atomic E-state index is 13.7. The number of carbonyl (C=O) groups is 2. The molecule has 1 fully saturated rings. The predicted molar refractivity (Wildman–Crippen MR) is 98.9 cm³/mol. The Bertz CT molecular complexity index is 849. The highest BCUT2D eigenvalue weighted by atomic mass is 19.1. The first kappa shape index (κ1) is 19.0. The lowest BCUT2D eigenvalue weighted by atomic mass is 9.93. The first-order valence-electron chi connectivity index (χ1n) is 8.99. The minimum atomic E-state index is -0.656. The monoisotopic (exact) mass is 372 g/mol. The zero-order valence-electron chi connectivity index (χ0n) is 15.4. The molecule has 0 saturated carbocycles. The van der Waals surface area contributed by atoms with Crippen LogP contribution in [0.15, 0.2) is 42.5 Å². The zero-order chi connectivity index (χ0) is 19.6. The second kappa shape index (κ2) is 7.86. The zero-order valence-corrected chi connectivity index (χ0v) is 15.4. The molecule has 1 heterocycles. The Hall–Kier alpha value is -2.76. The summed E-state index contributed by atoms with van der Waals surface area (Å²) < 4.78 is 27.4. The largest absolute Gasteiger partial charge is 0.342 e. The van der Waals surface area contributed by atoms with Crippen molar-refractivity contribution in [3.63, 3.8) is 0 Å². The van der Waals surface area contributed by atoms with E-state index in [9.17, 15) is 18.4 Å². The topological polar surface area (TPSA) is 40.6 Å². The van der Waals surface area contributed by atoms with Crippen LogP contribution in [0.4, 0.5) is 8.78 Å². The lowest BCUT2D eigenvalue weighted by molar-refractivity contribution is -0.150. The third-order valence-corrected chi connectivity index (χ3v) is 4.94. The Kier molecular flexibility index (Phi) is 5.54. The van der Waals surface area contributed by atoms with Crippen molar-refractivity contribution in [2.75, 3.05) is 20.1 Å². The van der Waals surface area contributed by atoms with Crippen LogP contribution in [0.3, 0.4) is 0 Å². The van der Waals surface area contributed by atoms with E-state index in [-0.39, 0.29) is 11.8 Å². The average Bonchev–Trinajstić information content (AvgIpc) is 2.64. The fourth-order valence-electron chi connectivity index (χ4n) is 3.51. The van der Waals surface area contributed by atoms with Crippen LogP contribution in [-0.4, -0.2) is 47.8 Å². The van der Waals surface area contributed by atoms with Crippen molar-refractivity contribution >= 4 is 11.8 Å². The first-order valence-corrected chi connectivity index (χ1v) is 8.99. The third kappa shape index (κ3) is 3.99. The molecule has 27 heavy (non-hydrogen) atoms. The van der Waals surface area contributed by atoms with Crippen molar-refractivity contribution in [1.29, 1.82) is 0 Å². The van der Waals surface area contributed by atoms with E-state index < -0.39 is 17.7 Å². The smallest absolute Gasteiger partial charge is 0.245 e. The van der Waals surface area contributed by atoms with E-state index in [0.717, 1.165) is 11.6 Å². The summed E-state index contributed by atoms with van der Waals surface area (Å²) in [7, 11) is 1.72. The molecule has 0 N–H and O–H groups in total. The van der Waals surface area contributed by atoms with E-state index in [4.69, 9.17) is 0 Å². The molecule has 2 amide bonds. The fraction of sp³-hybridized carbons (Fsp3) is 0.333. The van der Waals surface area contributed by atoms with Crippen LogP contribution < -0.4 is 0 Å². The summed E-state index contributed by atoms with van der Waals surface area (Å²) in [6.45, 7) is 2.75. The van der Waals surface area contributed by atoms with Gasteiger partial charge in [0, 0.05) is 39.0 Å². The van der Waals surface area contributed by atoms with Crippen LogP contribution in [0.25, 0.3) is 11.1 Å². The second-order valence-electron chi connectivity index (χ2n) is 6.74. The summed E-state index contributed by atoms with van der Waals surface area (Å²) in [5.41, 5.74) is 1.83. The van der Waals surface area contributed by atoms with Gasteiger partial charge in [-0.15, -0.1) is 0 Å². The van der Waals surface area contributed by atoms with E-state index in [1.54, 1.807) is 35.9 Å². The maximum Gasteiger partial charge on any atom is 0.245 e. The molecule has 1 aliphatic heterocycles. The number of halogens is 2. The molecule has 1 atom stereocenters. The van der Waals surface area contributed by atoms with Gasteiger partial charge in [-0.1, -0.05) is 31.2 Å². The van der Waals surface area contributed by atoms with Crippen molar-refractivity contribution in [2.24, 2.45) is 0 Å². The number of piperazine rings is 1. The van der Waals surface area contributed by atoms with Crippen molar-refractivity contribution in [1.82, 2.24) is 9.80 Å². The average molecular weight is 372 g/mol.